The Kier molecular flexibility index (Phi) is 3.19. The summed E-state index contributed by atoms with van der Waals surface area (Å²) in [6, 6.07) is 10.9. The Bertz CT molecular complexity index is 819. The number of aromatic nitrogens is 2. The second kappa shape index (κ2) is 5.16. The number of nitrogens with zero attached hydrogens (tertiary/aromatic N) is 2. The topological polar surface area (TPSA) is 80.3 Å². The van der Waals surface area contributed by atoms with Crippen molar-refractivity contribution < 1.29 is 9.62 Å². The van der Waals surface area contributed by atoms with Gasteiger partial charge in [-0.25, -0.2) is 4.98 Å². The Morgan fingerprint density at radius 2 is 2.00 bits per heavy atom. The van der Waals surface area contributed by atoms with Gasteiger partial charge in [0.05, 0.1) is 6.20 Å². The van der Waals surface area contributed by atoms with E-state index in [0.29, 0.717) is 16.2 Å². The first kappa shape index (κ1) is 13.0. The average molecular weight is 283 g/mol. The summed E-state index contributed by atoms with van der Waals surface area (Å²) in [6.45, 7) is 2.01. The summed E-state index contributed by atoms with van der Waals surface area (Å²) in [7, 11) is 0. The van der Waals surface area contributed by atoms with Crippen LogP contribution in [0.3, 0.4) is 0 Å². The van der Waals surface area contributed by atoms with E-state index in [2.05, 4.69) is 10.3 Å². The summed E-state index contributed by atoms with van der Waals surface area (Å²) in [5.74, 6) is 0.632. The van der Waals surface area contributed by atoms with Gasteiger partial charge in [0.15, 0.2) is 5.76 Å². The van der Waals surface area contributed by atoms with Gasteiger partial charge in [0, 0.05) is 23.5 Å². The van der Waals surface area contributed by atoms with E-state index in [-0.39, 0.29) is 6.01 Å². The third-order valence-corrected chi connectivity index (χ3v) is 2.99. The molecule has 0 aliphatic rings. The smallest absolute Gasteiger partial charge is 0.299 e. The van der Waals surface area contributed by atoms with Crippen molar-refractivity contribution in [3.8, 4) is 11.3 Å². The van der Waals surface area contributed by atoms with Crippen LogP contribution in [0.5, 0.6) is 0 Å². The van der Waals surface area contributed by atoms with Crippen LogP contribution in [-0.4, -0.2) is 14.9 Å². The zero-order valence-corrected chi connectivity index (χ0v) is 11.3. The molecule has 2 N–H and O–H groups in total. The van der Waals surface area contributed by atoms with Crippen molar-refractivity contribution in [2.75, 3.05) is 5.32 Å². The molecule has 6 nitrogen and oxygen atoms in total. The Balaban J connectivity index is 1.83. The molecule has 0 aliphatic carbocycles. The normalized spacial score (nSPS) is 10.5. The van der Waals surface area contributed by atoms with Gasteiger partial charge >= 0.3 is 0 Å². The van der Waals surface area contributed by atoms with Crippen molar-refractivity contribution in [1.29, 1.82) is 0 Å². The minimum absolute atomic E-state index is 0.278. The molecule has 106 valence electrons. The molecule has 2 heterocycles. The third kappa shape index (κ3) is 2.79. The van der Waals surface area contributed by atoms with E-state index in [4.69, 9.17) is 9.62 Å². The number of rotatable bonds is 3. The molecule has 0 spiro atoms. The molecule has 3 aromatic rings. The number of aryl methyl sites for hydroxylation is 1. The summed E-state index contributed by atoms with van der Waals surface area (Å²) >= 11 is 0. The summed E-state index contributed by atoms with van der Waals surface area (Å²) in [5, 5.41) is 12.0. The molecule has 0 bridgehead atoms. The molecule has 0 radical (unpaired) electrons. The lowest BCUT2D eigenvalue weighted by molar-refractivity contribution is 0.175. The van der Waals surface area contributed by atoms with Crippen LogP contribution in [0.2, 0.25) is 0 Å². The van der Waals surface area contributed by atoms with Gasteiger partial charge in [0.2, 0.25) is 0 Å². The monoisotopic (exact) mass is 283 g/mol. The Hall–Kier alpha value is -3.02. The maximum atomic E-state index is 11.3. The number of benzene rings is 1. The minimum Gasteiger partial charge on any atom is -0.425 e. The first-order valence-electron chi connectivity index (χ1n) is 6.34. The van der Waals surface area contributed by atoms with Gasteiger partial charge in [-0.15, -0.1) is 0 Å². The van der Waals surface area contributed by atoms with E-state index in [1.54, 1.807) is 6.20 Å². The van der Waals surface area contributed by atoms with Gasteiger partial charge in [-0.1, -0.05) is 29.8 Å². The van der Waals surface area contributed by atoms with Crippen LogP contribution >= 0.6 is 0 Å². The molecule has 6 heteroatoms. The van der Waals surface area contributed by atoms with Crippen molar-refractivity contribution >= 4 is 11.7 Å². The van der Waals surface area contributed by atoms with Crippen molar-refractivity contribution in [1.82, 2.24) is 9.71 Å². The van der Waals surface area contributed by atoms with E-state index >= 15 is 0 Å². The molecule has 3 rings (SSSR count). The fourth-order valence-corrected chi connectivity index (χ4v) is 1.86. The molecular formula is C15H13N3O3. The lowest BCUT2D eigenvalue weighted by Crippen LogP contribution is -2.15. The molecule has 0 aliphatic heterocycles. The predicted octanol–water partition coefficient (Wildman–Crippen LogP) is 2.79. The van der Waals surface area contributed by atoms with Crippen molar-refractivity contribution in [2.24, 2.45) is 0 Å². The number of oxazole rings is 1. The lowest BCUT2D eigenvalue weighted by atomic mass is 10.1. The maximum Gasteiger partial charge on any atom is 0.299 e. The summed E-state index contributed by atoms with van der Waals surface area (Å²) in [6.07, 6.45) is 2.86. The first-order chi connectivity index (χ1) is 10.1. The number of nitrogens with one attached hydrogen (secondary N) is 1. The van der Waals surface area contributed by atoms with Crippen LogP contribution in [0.25, 0.3) is 11.3 Å². The number of anilines is 2. The van der Waals surface area contributed by atoms with Crippen LogP contribution in [0.15, 0.2) is 58.0 Å². The molecule has 1 aromatic carbocycles. The number of pyridine rings is 1. The fourth-order valence-electron chi connectivity index (χ4n) is 1.86. The van der Waals surface area contributed by atoms with Crippen LogP contribution in [0.1, 0.15) is 5.56 Å². The quantitative estimate of drug-likeness (QED) is 0.722. The van der Waals surface area contributed by atoms with Gasteiger partial charge in [-0.05, 0) is 13.0 Å². The van der Waals surface area contributed by atoms with Crippen LogP contribution in [0, 0.1) is 6.92 Å². The highest BCUT2D eigenvalue weighted by molar-refractivity contribution is 5.59. The number of hydrogen-bond acceptors (Lipinski definition) is 5. The summed E-state index contributed by atoms with van der Waals surface area (Å²) in [4.78, 5) is 15.4. The van der Waals surface area contributed by atoms with Crippen LogP contribution < -0.4 is 10.9 Å². The number of hydrogen-bond donors (Lipinski definition) is 2. The second-order valence-electron chi connectivity index (χ2n) is 4.62. The van der Waals surface area contributed by atoms with Gasteiger partial charge in [-0.3, -0.25) is 4.79 Å². The van der Waals surface area contributed by atoms with Gasteiger partial charge in [0.1, 0.15) is 0 Å². The molecule has 0 atom stereocenters. The Morgan fingerprint density at radius 1 is 1.24 bits per heavy atom. The van der Waals surface area contributed by atoms with Gasteiger partial charge < -0.3 is 14.9 Å². The maximum absolute atomic E-state index is 11.3. The van der Waals surface area contributed by atoms with Gasteiger partial charge in [0.25, 0.3) is 11.6 Å². The largest absolute Gasteiger partial charge is 0.425 e. The van der Waals surface area contributed by atoms with E-state index in [0.717, 1.165) is 5.56 Å². The minimum atomic E-state index is -0.537. The van der Waals surface area contributed by atoms with Crippen LogP contribution in [-0.2, 0) is 0 Å². The second-order valence-corrected chi connectivity index (χ2v) is 4.62. The average Bonchev–Trinajstić information content (AvgIpc) is 2.92. The Labute approximate surface area is 120 Å². The summed E-state index contributed by atoms with van der Waals surface area (Å²) in [5.41, 5.74) is 2.04. The van der Waals surface area contributed by atoms with Crippen molar-refractivity contribution in [2.45, 2.75) is 6.92 Å². The van der Waals surface area contributed by atoms with E-state index in [9.17, 15) is 4.79 Å². The Morgan fingerprint density at radius 3 is 2.71 bits per heavy atom. The highest BCUT2D eigenvalue weighted by Gasteiger charge is 2.07. The van der Waals surface area contributed by atoms with Crippen LogP contribution in [0.4, 0.5) is 11.7 Å². The SMILES string of the molecule is Cc1ccc(-c2cnc(Nc3ccn(O)c(=O)c3)o2)cc1. The molecule has 0 fully saturated rings. The predicted molar refractivity (Wildman–Crippen MR) is 77.8 cm³/mol. The van der Waals surface area contributed by atoms with E-state index < -0.39 is 5.56 Å². The molecule has 0 saturated heterocycles. The standard InChI is InChI=1S/C15H13N3O3/c1-10-2-4-11(5-3-10)13-9-16-15(21-13)17-12-6-7-18(20)14(19)8-12/h2-9,20H,1H3,(H,16,17). The molecule has 21 heavy (non-hydrogen) atoms. The van der Waals surface area contributed by atoms with Crippen molar-refractivity contribution in [3.05, 3.63) is 64.7 Å². The van der Waals surface area contributed by atoms with Crippen molar-refractivity contribution in [3.63, 3.8) is 0 Å². The lowest BCUT2D eigenvalue weighted by Gasteiger charge is -2.02. The summed E-state index contributed by atoms with van der Waals surface area (Å²) < 4.78 is 6.09. The zero-order chi connectivity index (χ0) is 14.8. The highest BCUT2D eigenvalue weighted by atomic mass is 16.5. The zero-order valence-electron chi connectivity index (χ0n) is 11.3. The van der Waals surface area contributed by atoms with E-state index in [1.807, 2.05) is 31.2 Å². The third-order valence-electron chi connectivity index (χ3n) is 2.99. The molecule has 0 unspecified atom stereocenters. The molecule has 2 aromatic heterocycles. The first-order valence-corrected chi connectivity index (χ1v) is 6.34. The van der Waals surface area contributed by atoms with Gasteiger partial charge in [-0.2, -0.15) is 4.73 Å². The molecular weight excluding hydrogens is 270 g/mol. The van der Waals surface area contributed by atoms with E-state index in [1.165, 1.54) is 23.9 Å². The molecule has 0 saturated carbocycles. The highest BCUT2D eigenvalue weighted by Crippen LogP contribution is 2.24. The fraction of sp³-hybridized carbons (Fsp3) is 0.0667. The molecule has 0 amide bonds.